The van der Waals surface area contributed by atoms with Gasteiger partial charge in [-0.05, 0) is 89.3 Å². The van der Waals surface area contributed by atoms with Gasteiger partial charge in [0.2, 0.25) is 5.88 Å². The van der Waals surface area contributed by atoms with E-state index in [0.29, 0.717) is 0 Å². The smallest absolute Gasteiger partial charge is 0.213 e. The van der Waals surface area contributed by atoms with Gasteiger partial charge < -0.3 is 9.64 Å². The van der Waals surface area contributed by atoms with Crippen molar-refractivity contribution in [1.29, 1.82) is 0 Å². The first-order valence-electron chi connectivity index (χ1n) is 9.28. The molecule has 2 fully saturated rings. The highest BCUT2D eigenvalue weighted by molar-refractivity contribution is 5.20. The minimum atomic E-state index is 0.796. The predicted octanol–water partition coefficient (Wildman–Crippen LogP) is 3.18. The molecule has 2 aliphatic rings. The Labute approximate surface area is 140 Å². The summed E-state index contributed by atoms with van der Waals surface area (Å²) in [6.45, 7) is 6.81. The number of aromatic nitrogens is 1. The number of rotatable bonds is 7. The number of pyridine rings is 1. The summed E-state index contributed by atoms with van der Waals surface area (Å²) in [6, 6.07) is 4.23. The maximum absolute atomic E-state index is 5.88. The lowest BCUT2D eigenvalue weighted by Crippen LogP contribution is -2.30. The Morgan fingerprint density at radius 3 is 2.74 bits per heavy atom. The van der Waals surface area contributed by atoms with Crippen LogP contribution in [0.2, 0.25) is 0 Å². The molecule has 3 heterocycles. The second-order valence-corrected chi connectivity index (χ2v) is 7.22. The third-order valence-electron chi connectivity index (χ3n) is 5.25. The summed E-state index contributed by atoms with van der Waals surface area (Å²) in [5, 5.41) is 0. The van der Waals surface area contributed by atoms with Gasteiger partial charge >= 0.3 is 0 Å². The molecule has 128 valence electrons. The van der Waals surface area contributed by atoms with E-state index in [2.05, 4.69) is 34.0 Å². The molecule has 0 saturated carbocycles. The van der Waals surface area contributed by atoms with E-state index in [1.807, 2.05) is 6.20 Å². The number of ether oxygens (including phenoxy) is 1. The van der Waals surface area contributed by atoms with Gasteiger partial charge in [0.05, 0.1) is 6.61 Å². The Morgan fingerprint density at radius 2 is 1.96 bits per heavy atom. The Morgan fingerprint density at radius 1 is 1.17 bits per heavy atom. The molecule has 0 aromatic carbocycles. The van der Waals surface area contributed by atoms with Crippen molar-refractivity contribution >= 4 is 0 Å². The lowest BCUT2D eigenvalue weighted by Gasteiger charge is -2.28. The third kappa shape index (κ3) is 5.47. The van der Waals surface area contributed by atoms with Crippen LogP contribution in [-0.2, 0) is 6.54 Å². The predicted molar refractivity (Wildman–Crippen MR) is 93.7 cm³/mol. The van der Waals surface area contributed by atoms with Crippen LogP contribution in [-0.4, -0.2) is 54.6 Å². The van der Waals surface area contributed by atoms with E-state index in [-0.39, 0.29) is 0 Å². The minimum absolute atomic E-state index is 0.796. The van der Waals surface area contributed by atoms with Crippen molar-refractivity contribution < 1.29 is 4.74 Å². The molecule has 3 rings (SSSR count). The van der Waals surface area contributed by atoms with Gasteiger partial charge in [-0.25, -0.2) is 4.98 Å². The zero-order valence-corrected chi connectivity index (χ0v) is 14.5. The summed E-state index contributed by atoms with van der Waals surface area (Å²) < 4.78 is 5.88. The van der Waals surface area contributed by atoms with E-state index in [1.165, 1.54) is 63.8 Å². The molecule has 0 aliphatic carbocycles. The topological polar surface area (TPSA) is 28.6 Å². The molecular formula is C19H31N3O. The van der Waals surface area contributed by atoms with Gasteiger partial charge in [-0.15, -0.1) is 0 Å². The zero-order valence-electron chi connectivity index (χ0n) is 14.5. The van der Waals surface area contributed by atoms with E-state index in [9.17, 15) is 0 Å². The molecule has 23 heavy (non-hydrogen) atoms. The molecule has 1 aromatic heterocycles. The second kappa shape index (κ2) is 8.65. The molecule has 0 N–H and O–H groups in total. The lowest BCUT2D eigenvalue weighted by atomic mass is 9.93. The van der Waals surface area contributed by atoms with Crippen LogP contribution in [0, 0.1) is 5.92 Å². The monoisotopic (exact) mass is 317 g/mol. The fourth-order valence-corrected chi connectivity index (χ4v) is 3.73. The summed E-state index contributed by atoms with van der Waals surface area (Å²) in [6.07, 6.45) is 9.70. The van der Waals surface area contributed by atoms with Crippen LogP contribution < -0.4 is 4.74 Å². The first-order valence-corrected chi connectivity index (χ1v) is 9.28. The van der Waals surface area contributed by atoms with Gasteiger partial charge in [0.15, 0.2) is 0 Å². The maximum Gasteiger partial charge on any atom is 0.213 e. The molecule has 0 atom stereocenters. The van der Waals surface area contributed by atoms with Gasteiger partial charge in [0.1, 0.15) is 0 Å². The van der Waals surface area contributed by atoms with Gasteiger partial charge in [0, 0.05) is 18.8 Å². The Bertz CT molecular complexity index is 465. The number of hydrogen-bond donors (Lipinski definition) is 0. The van der Waals surface area contributed by atoms with Crippen molar-refractivity contribution in [2.45, 2.75) is 45.1 Å². The normalized spacial score (nSPS) is 20.9. The number of piperidine rings is 1. The highest BCUT2D eigenvalue weighted by atomic mass is 16.5. The van der Waals surface area contributed by atoms with Crippen molar-refractivity contribution in [3.05, 3.63) is 23.9 Å². The van der Waals surface area contributed by atoms with E-state index in [4.69, 9.17) is 4.74 Å². The van der Waals surface area contributed by atoms with E-state index < -0.39 is 0 Å². The van der Waals surface area contributed by atoms with Crippen LogP contribution in [0.1, 0.15) is 44.1 Å². The van der Waals surface area contributed by atoms with Gasteiger partial charge in [-0.2, -0.15) is 0 Å². The van der Waals surface area contributed by atoms with Crippen molar-refractivity contribution in [3.8, 4) is 5.88 Å². The van der Waals surface area contributed by atoms with Gasteiger partial charge in [0.25, 0.3) is 0 Å². The molecular weight excluding hydrogens is 286 g/mol. The third-order valence-corrected chi connectivity index (χ3v) is 5.25. The van der Waals surface area contributed by atoms with Crippen LogP contribution in [0.3, 0.4) is 0 Å². The average molecular weight is 317 g/mol. The molecule has 4 nitrogen and oxygen atoms in total. The highest BCUT2D eigenvalue weighted by Crippen LogP contribution is 2.21. The Hall–Kier alpha value is -1.13. The van der Waals surface area contributed by atoms with Crippen molar-refractivity contribution in [3.63, 3.8) is 0 Å². The maximum atomic E-state index is 5.88. The molecule has 0 radical (unpaired) electrons. The standard InChI is InChI=1S/C19H31N3O/c1-21-12-7-17(8-13-21)5-4-14-23-19-15-18(6-9-20-19)16-22-10-2-3-11-22/h6,9,15,17H,2-5,7-8,10-14,16H2,1H3. The fraction of sp³-hybridized carbons (Fsp3) is 0.737. The molecule has 0 unspecified atom stereocenters. The molecule has 1 aromatic rings. The molecule has 2 aliphatic heterocycles. The molecule has 4 heteroatoms. The first-order chi connectivity index (χ1) is 11.3. The van der Waals surface area contributed by atoms with Crippen molar-refractivity contribution in [1.82, 2.24) is 14.8 Å². The largest absolute Gasteiger partial charge is 0.478 e. The molecule has 0 amide bonds. The summed E-state index contributed by atoms with van der Waals surface area (Å²) in [5.41, 5.74) is 1.33. The number of hydrogen-bond acceptors (Lipinski definition) is 4. The first kappa shape index (κ1) is 16.7. The zero-order chi connectivity index (χ0) is 15.9. The summed E-state index contributed by atoms with van der Waals surface area (Å²) in [7, 11) is 2.22. The van der Waals surface area contributed by atoms with E-state index in [1.54, 1.807) is 0 Å². The Kier molecular flexibility index (Phi) is 6.29. The van der Waals surface area contributed by atoms with E-state index >= 15 is 0 Å². The highest BCUT2D eigenvalue weighted by Gasteiger charge is 2.16. The summed E-state index contributed by atoms with van der Waals surface area (Å²) >= 11 is 0. The van der Waals surface area contributed by atoms with Crippen LogP contribution in [0.5, 0.6) is 5.88 Å². The number of nitrogens with zero attached hydrogens (tertiary/aromatic N) is 3. The fourth-order valence-electron chi connectivity index (χ4n) is 3.73. The summed E-state index contributed by atoms with van der Waals surface area (Å²) in [5.74, 6) is 1.69. The quantitative estimate of drug-likeness (QED) is 0.722. The van der Waals surface area contributed by atoms with Crippen LogP contribution in [0.15, 0.2) is 18.3 Å². The average Bonchev–Trinajstić information content (AvgIpc) is 3.07. The lowest BCUT2D eigenvalue weighted by molar-refractivity contribution is 0.199. The molecule has 2 saturated heterocycles. The van der Waals surface area contributed by atoms with Gasteiger partial charge in [-0.3, -0.25) is 4.90 Å². The van der Waals surface area contributed by atoms with Crippen LogP contribution >= 0.6 is 0 Å². The van der Waals surface area contributed by atoms with E-state index in [0.717, 1.165) is 31.4 Å². The Balaban J connectivity index is 1.36. The van der Waals surface area contributed by atoms with Crippen LogP contribution in [0.25, 0.3) is 0 Å². The van der Waals surface area contributed by atoms with Gasteiger partial charge in [-0.1, -0.05) is 0 Å². The SMILES string of the molecule is CN1CCC(CCCOc2cc(CN3CCCC3)ccn2)CC1. The van der Waals surface area contributed by atoms with Crippen molar-refractivity contribution in [2.75, 3.05) is 39.8 Å². The summed E-state index contributed by atoms with van der Waals surface area (Å²) in [4.78, 5) is 9.31. The second-order valence-electron chi connectivity index (χ2n) is 7.22. The molecule has 0 spiro atoms. The minimum Gasteiger partial charge on any atom is -0.478 e. The van der Waals surface area contributed by atoms with Crippen LogP contribution in [0.4, 0.5) is 0 Å². The molecule has 0 bridgehead atoms. The number of likely N-dealkylation sites (tertiary alicyclic amines) is 2. The van der Waals surface area contributed by atoms with Crippen molar-refractivity contribution in [2.24, 2.45) is 5.92 Å².